The van der Waals surface area contributed by atoms with E-state index in [1.165, 1.54) is 11.3 Å². The predicted octanol–water partition coefficient (Wildman–Crippen LogP) is 5.81. The molecule has 37 heavy (non-hydrogen) atoms. The SMILES string of the molecule is Cc1cnc(-c2cc(C(=O)N[C@H](C)c3cnc(C(F)(F)F)nc3)cc3nn(CC4CC(F)(F)C4)cc23)s1. The summed E-state index contributed by atoms with van der Waals surface area (Å²) in [6.07, 6.45) is 0.530. The van der Waals surface area contributed by atoms with Crippen molar-refractivity contribution in [2.75, 3.05) is 0 Å². The Morgan fingerprint density at radius 1 is 1.19 bits per heavy atom. The van der Waals surface area contributed by atoms with Crippen molar-refractivity contribution in [2.45, 2.75) is 51.4 Å². The van der Waals surface area contributed by atoms with E-state index in [-0.39, 0.29) is 24.3 Å². The third-order valence-electron chi connectivity index (χ3n) is 6.18. The van der Waals surface area contributed by atoms with Gasteiger partial charge >= 0.3 is 6.18 Å². The van der Waals surface area contributed by atoms with Gasteiger partial charge in [-0.3, -0.25) is 9.48 Å². The highest BCUT2D eigenvalue weighted by Crippen LogP contribution is 2.43. The van der Waals surface area contributed by atoms with E-state index in [1.807, 2.05) is 6.92 Å². The summed E-state index contributed by atoms with van der Waals surface area (Å²) in [6, 6.07) is 2.60. The molecule has 1 atom stereocenters. The Bertz CT molecular complexity index is 1450. The van der Waals surface area contributed by atoms with Gasteiger partial charge in [0.2, 0.25) is 11.7 Å². The molecule has 194 valence electrons. The summed E-state index contributed by atoms with van der Waals surface area (Å²) in [6.45, 7) is 3.85. The topological polar surface area (TPSA) is 85.6 Å². The van der Waals surface area contributed by atoms with Gasteiger partial charge in [-0.25, -0.2) is 23.7 Å². The van der Waals surface area contributed by atoms with Gasteiger partial charge in [0.15, 0.2) is 0 Å². The van der Waals surface area contributed by atoms with Gasteiger partial charge in [0, 0.05) is 71.1 Å². The maximum absolute atomic E-state index is 13.3. The Hall–Kier alpha value is -3.48. The van der Waals surface area contributed by atoms with Crippen molar-refractivity contribution in [2.24, 2.45) is 5.92 Å². The van der Waals surface area contributed by atoms with E-state index in [9.17, 15) is 26.7 Å². The Balaban J connectivity index is 1.42. The number of benzene rings is 1. The molecule has 0 unspecified atom stereocenters. The van der Waals surface area contributed by atoms with E-state index in [0.717, 1.165) is 22.7 Å². The third kappa shape index (κ3) is 5.31. The van der Waals surface area contributed by atoms with E-state index in [0.29, 0.717) is 28.2 Å². The molecule has 1 aromatic carbocycles. The lowest BCUT2D eigenvalue weighted by atomic mass is 9.81. The van der Waals surface area contributed by atoms with Gasteiger partial charge in [-0.2, -0.15) is 18.3 Å². The van der Waals surface area contributed by atoms with Crippen molar-refractivity contribution in [3.8, 4) is 10.6 Å². The van der Waals surface area contributed by atoms with Crippen molar-refractivity contribution in [3.63, 3.8) is 0 Å². The number of halogens is 5. The molecule has 1 saturated carbocycles. The fraction of sp³-hybridized carbons (Fsp3) is 0.375. The summed E-state index contributed by atoms with van der Waals surface area (Å²) in [5.41, 5.74) is 1.76. The van der Waals surface area contributed by atoms with Crippen LogP contribution in [0.3, 0.4) is 0 Å². The minimum absolute atomic E-state index is 0.176. The highest BCUT2D eigenvalue weighted by Gasteiger charge is 2.45. The number of nitrogens with zero attached hydrogens (tertiary/aromatic N) is 5. The van der Waals surface area contributed by atoms with Crippen LogP contribution >= 0.6 is 11.3 Å². The molecule has 0 bridgehead atoms. The highest BCUT2D eigenvalue weighted by molar-refractivity contribution is 7.15. The summed E-state index contributed by atoms with van der Waals surface area (Å²) >= 11 is 1.44. The first-order valence-electron chi connectivity index (χ1n) is 11.4. The average molecular weight is 537 g/mol. The third-order valence-corrected chi connectivity index (χ3v) is 7.13. The van der Waals surface area contributed by atoms with E-state index in [1.54, 1.807) is 36.1 Å². The first kappa shape index (κ1) is 25.2. The van der Waals surface area contributed by atoms with Crippen LogP contribution in [0.15, 0.2) is 36.9 Å². The maximum Gasteiger partial charge on any atom is 0.451 e. The first-order valence-corrected chi connectivity index (χ1v) is 12.2. The zero-order valence-electron chi connectivity index (χ0n) is 19.7. The Morgan fingerprint density at radius 2 is 1.89 bits per heavy atom. The zero-order chi connectivity index (χ0) is 26.5. The molecule has 7 nitrogen and oxygen atoms in total. The number of carbonyl (C=O) groups excluding carboxylic acids is 1. The molecule has 3 heterocycles. The molecule has 0 aliphatic heterocycles. The van der Waals surface area contributed by atoms with Gasteiger partial charge in [-0.05, 0) is 31.9 Å². The van der Waals surface area contributed by atoms with Crippen LogP contribution in [0.5, 0.6) is 0 Å². The van der Waals surface area contributed by atoms with Gasteiger partial charge in [0.1, 0.15) is 5.01 Å². The lowest BCUT2D eigenvalue weighted by Gasteiger charge is -2.34. The second kappa shape index (κ2) is 9.12. The zero-order valence-corrected chi connectivity index (χ0v) is 20.5. The Kier molecular flexibility index (Phi) is 6.21. The normalized spacial score (nSPS) is 16.5. The standard InChI is InChI=1S/C24H21F5N6OS/c1-12-7-30-21(37-12)17-3-15(4-19-18(17)11-35(34-19)10-14-5-23(25,26)6-14)20(36)33-13(2)16-8-31-22(32-9-16)24(27,28)29/h3-4,7-9,11,13-14H,5-6,10H2,1-2H3,(H,33,36)/t13-/m1/s1. The molecule has 5 rings (SSSR count). The molecular formula is C24H21F5N6OS. The number of amides is 1. The lowest BCUT2D eigenvalue weighted by Crippen LogP contribution is -2.37. The number of aryl methyl sites for hydroxylation is 1. The number of aromatic nitrogens is 5. The Labute approximate surface area is 211 Å². The number of alkyl halides is 5. The second-order valence-electron chi connectivity index (χ2n) is 9.25. The second-order valence-corrected chi connectivity index (χ2v) is 10.5. The summed E-state index contributed by atoms with van der Waals surface area (Å²) in [4.78, 5) is 25.2. The van der Waals surface area contributed by atoms with Crippen LogP contribution in [0.4, 0.5) is 22.0 Å². The fourth-order valence-electron chi connectivity index (χ4n) is 4.30. The molecule has 0 radical (unpaired) electrons. The van der Waals surface area contributed by atoms with Gasteiger partial charge in [0.25, 0.3) is 5.91 Å². The molecule has 1 amide bonds. The van der Waals surface area contributed by atoms with Crippen LogP contribution in [0.25, 0.3) is 21.5 Å². The van der Waals surface area contributed by atoms with Crippen molar-refractivity contribution < 1.29 is 26.7 Å². The number of rotatable bonds is 6. The van der Waals surface area contributed by atoms with E-state index < -0.39 is 29.9 Å². The molecule has 13 heteroatoms. The quantitative estimate of drug-likeness (QED) is 0.314. The van der Waals surface area contributed by atoms with Crippen molar-refractivity contribution in [1.82, 2.24) is 30.0 Å². The number of nitrogens with one attached hydrogen (secondary N) is 1. The van der Waals surface area contributed by atoms with E-state index in [2.05, 4.69) is 25.4 Å². The Morgan fingerprint density at radius 3 is 2.49 bits per heavy atom. The minimum Gasteiger partial charge on any atom is -0.345 e. The summed E-state index contributed by atoms with van der Waals surface area (Å²) in [7, 11) is 0. The lowest BCUT2D eigenvalue weighted by molar-refractivity contribution is -0.145. The summed E-state index contributed by atoms with van der Waals surface area (Å²) < 4.78 is 66.4. The molecule has 1 fully saturated rings. The number of thiazole rings is 1. The largest absolute Gasteiger partial charge is 0.451 e. The maximum atomic E-state index is 13.3. The predicted molar refractivity (Wildman–Crippen MR) is 126 cm³/mol. The number of fused-ring (bicyclic) bond motifs is 1. The van der Waals surface area contributed by atoms with Gasteiger partial charge < -0.3 is 5.32 Å². The van der Waals surface area contributed by atoms with Crippen LogP contribution in [0, 0.1) is 12.8 Å². The molecule has 0 spiro atoms. The molecule has 1 N–H and O–H groups in total. The number of hydrogen-bond acceptors (Lipinski definition) is 6. The van der Waals surface area contributed by atoms with Gasteiger partial charge in [-0.1, -0.05) is 0 Å². The van der Waals surface area contributed by atoms with Crippen molar-refractivity contribution in [1.29, 1.82) is 0 Å². The molecule has 0 saturated heterocycles. The molecular weight excluding hydrogens is 515 g/mol. The first-order chi connectivity index (χ1) is 17.4. The van der Waals surface area contributed by atoms with Crippen molar-refractivity contribution in [3.05, 3.63) is 58.7 Å². The average Bonchev–Trinajstić information content (AvgIpc) is 3.42. The monoisotopic (exact) mass is 536 g/mol. The molecule has 4 aromatic rings. The molecule has 1 aliphatic carbocycles. The van der Waals surface area contributed by atoms with Crippen LogP contribution < -0.4 is 5.32 Å². The summed E-state index contributed by atoms with van der Waals surface area (Å²) in [5.74, 6) is -4.53. The molecule has 3 aromatic heterocycles. The summed E-state index contributed by atoms with van der Waals surface area (Å²) in [5, 5.41) is 8.69. The van der Waals surface area contributed by atoms with Gasteiger partial charge in [0.05, 0.1) is 11.6 Å². The van der Waals surface area contributed by atoms with Crippen LogP contribution in [0.1, 0.15) is 52.4 Å². The fourth-order valence-corrected chi connectivity index (χ4v) is 5.10. The van der Waals surface area contributed by atoms with E-state index in [4.69, 9.17) is 0 Å². The number of carbonyl (C=O) groups is 1. The smallest absolute Gasteiger partial charge is 0.345 e. The van der Waals surface area contributed by atoms with Crippen molar-refractivity contribution >= 4 is 28.1 Å². The number of hydrogen-bond donors (Lipinski definition) is 1. The van der Waals surface area contributed by atoms with Crippen LogP contribution in [0.2, 0.25) is 0 Å². The molecule has 1 aliphatic rings. The van der Waals surface area contributed by atoms with Crippen LogP contribution in [-0.2, 0) is 12.7 Å². The minimum atomic E-state index is -4.66. The highest BCUT2D eigenvalue weighted by atomic mass is 32.1. The van der Waals surface area contributed by atoms with Crippen LogP contribution in [-0.4, -0.2) is 36.6 Å². The van der Waals surface area contributed by atoms with Gasteiger partial charge in [-0.15, -0.1) is 11.3 Å². The van der Waals surface area contributed by atoms with E-state index >= 15 is 0 Å².